The van der Waals surface area contributed by atoms with Crippen molar-refractivity contribution < 1.29 is 14.6 Å². The van der Waals surface area contributed by atoms with Crippen LogP contribution in [0.25, 0.3) is 0 Å². The smallest absolute Gasteiger partial charge is 0.310 e. The van der Waals surface area contributed by atoms with E-state index in [1.165, 1.54) is 0 Å². The molecule has 0 radical (unpaired) electrons. The second-order valence-corrected chi connectivity index (χ2v) is 4.78. The van der Waals surface area contributed by atoms with Crippen molar-refractivity contribution in [3.05, 3.63) is 35.4 Å². The standard InChI is InChI=1S/C13H19NO2.CH4O/c1-13(2,3)16-12(15)8-10-4-6-11(9-14)7-5-10;1-2/h4-7H,8-9,14H2,1-3H3;2H,1H3. The highest BCUT2D eigenvalue weighted by molar-refractivity contribution is 5.73. The van der Waals surface area contributed by atoms with Crippen molar-refractivity contribution in [2.45, 2.75) is 39.3 Å². The third-order valence-electron chi connectivity index (χ3n) is 2.03. The summed E-state index contributed by atoms with van der Waals surface area (Å²) in [5, 5.41) is 7.00. The number of benzene rings is 1. The highest BCUT2D eigenvalue weighted by atomic mass is 16.6. The molecule has 0 saturated heterocycles. The molecule has 0 amide bonds. The molecule has 1 aromatic rings. The quantitative estimate of drug-likeness (QED) is 0.803. The first kappa shape index (κ1) is 16.6. The Balaban J connectivity index is 0.00000137. The maximum atomic E-state index is 11.5. The first-order valence-electron chi connectivity index (χ1n) is 5.85. The minimum Gasteiger partial charge on any atom is -0.460 e. The first-order chi connectivity index (χ1) is 8.40. The van der Waals surface area contributed by atoms with E-state index in [1.54, 1.807) is 0 Å². The van der Waals surface area contributed by atoms with Crippen molar-refractivity contribution in [1.29, 1.82) is 0 Å². The summed E-state index contributed by atoms with van der Waals surface area (Å²) in [6, 6.07) is 7.68. The fourth-order valence-corrected chi connectivity index (χ4v) is 1.34. The van der Waals surface area contributed by atoms with Crippen LogP contribution in [-0.2, 0) is 22.5 Å². The van der Waals surface area contributed by atoms with Gasteiger partial charge in [-0.05, 0) is 31.9 Å². The fourth-order valence-electron chi connectivity index (χ4n) is 1.34. The van der Waals surface area contributed by atoms with E-state index in [9.17, 15) is 4.79 Å². The van der Waals surface area contributed by atoms with E-state index in [-0.39, 0.29) is 5.97 Å². The van der Waals surface area contributed by atoms with Crippen molar-refractivity contribution in [3.63, 3.8) is 0 Å². The summed E-state index contributed by atoms with van der Waals surface area (Å²) in [6.45, 7) is 6.11. The molecule has 0 aliphatic rings. The zero-order valence-electron chi connectivity index (χ0n) is 11.6. The van der Waals surface area contributed by atoms with Crippen molar-refractivity contribution >= 4 is 5.97 Å². The molecule has 0 spiro atoms. The molecular weight excluding hydrogens is 230 g/mol. The highest BCUT2D eigenvalue weighted by Crippen LogP contribution is 2.10. The first-order valence-corrected chi connectivity index (χ1v) is 5.85. The summed E-state index contributed by atoms with van der Waals surface area (Å²) in [7, 11) is 1.00. The Kier molecular flexibility index (Phi) is 7.24. The van der Waals surface area contributed by atoms with Crippen molar-refractivity contribution in [2.75, 3.05) is 7.11 Å². The van der Waals surface area contributed by atoms with Gasteiger partial charge in [0.15, 0.2) is 0 Å². The molecule has 1 aromatic carbocycles. The summed E-state index contributed by atoms with van der Waals surface area (Å²) in [5.74, 6) is -0.201. The van der Waals surface area contributed by atoms with Gasteiger partial charge in [-0.15, -0.1) is 0 Å². The van der Waals surface area contributed by atoms with Gasteiger partial charge < -0.3 is 15.6 Å². The third kappa shape index (κ3) is 7.04. The van der Waals surface area contributed by atoms with Gasteiger partial charge in [-0.2, -0.15) is 0 Å². The SMILES string of the molecule is CC(C)(C)OC(=O)Cc1ccc(CN)cc1.CO. The van der Waals surface area contributed by atoms with Crippen molar-refractivity contribution in [3.8, 4) is 0 Å². The van der Waals surface area contributed by atoms with Gasteiger partial charge in [-0.25, -0.2) is 0 Å². The molecular formula is C14H23NO3. The summed E-state index contributed by atoms with van der Waals surface area (Å²) in [5.41, 5.74) is 7.08. The van der Waals surface area contributed by atoms with E-state index >= 15 is 0 Å². The molecule has 0 fully saturated rings. The lowest BCUT2D eigenvalue weighted by Gasteiger charge is -2.19. The Morgan fingerprint density at radius 3 is 2.00 bits per heavy atom. The topological polar surface area (TPSA) is 72.5 Å². The predicted octanol–water partition coefficient (Wildman–Crippen LogP) is 1.64. The van der Waals surface area contributed by atoms with Gasteiger partial charge in [0.05, 0.1) is 6.42 Å². The van der Waals surface area contributed by atoms with E-state index in [1.807, 2.05) is 45.0 Å². The Labute approximate surface area is 109 Å². The molecule has 0 aliphatic carbocycles. The third-order valence-corrected chi connectivity index (χ3v) is 2.03. The minimum absolute atomic E-state index is 0.201. The van der Waals surface area contributed by atoms with Crippen LogP contribution >= 0.6 is 0 Å². The number of hydrogen-bond donors (Lipinski definition) is 2. The van der Waals surface area contributed by atoms with Crippen LogP contribution in [0.4, 0.5) is 0 Å². The molecule has 0 heterocycles. The summed E-state index contributed by atoms with van der Waals surface area (Å²) in [4.78, 5) is 11.5. The summed E-state index contributed by atoms with van der Waals surface area (Å²) >= 11 is 0. The Bertz CT molecular complexity index is 352. The summed E-state index contributed by atoms with van der Waals surface area (Å²) in [6.07, 6.45) is 0.308. The van der Waals surface area contributed by atoms with Gasteiger partial charge >= 0.3 is 5.97 Å². The zero-order chi connectivity index (χ0) is 14.2. The van der Waals surface area contributed by atoms with Crippen LogP contribution in [0.1, 0.15) is 31.9 Å². The average Bonchev–Trinajstić information content (AvgIpc) is 2.30. The number of esters is 1. The van der Waals surface area contributed by atoms with Crippen LogP contribution < -0.4 is 5.73 Å². The highest BCUT2D eigenvalue weighted by Gasteiger charge is 2.16. The molecule has 3 N–H and O–H groups in total. The molecule has 0 atom stereocenters. The fraction of sp³-hybridized carbons (Fsp3) is 0.500. The molecule has 1 rings (SSSR count). The van der Waals surface area contributed by atoms with Crippen molar-refractivity contribution in [1.82, 2.24) is 0 Å². The lowest BCUT2D eigenvalue weighted by atomic mass is 10.1. The Morgan fingerprint density at radius 1 is 1.17 bits per heavy atom. The number of rotatable bonds is 3. The second-order valence-electron chi connectivity index (χ2n) is 4.78. The molecule has 0 bridgehead atoms. The van der Waals surface area contributed by atoms with Gasteiger partial charge in [0.25, 0.3) is 0 Å². The number of carbonyl (C=O) groups is 1. The number of ether oxygens (including phenoxy) is 1. The van der Waals surface area contributed by atoms with Gasteiger partial charge in [-0.3, -0.25) is 4.79 Å². The van der Waals surface area contributed by atoms with E-state index in [2.05, 4.69) is 0 Å². The molecule has 18 heavy (non-hydrogen) atoms. The Hall–Kier alpha value is -1.39. The van der Waals surface area contributed by atoms with Gasteiger partial charge in [0.2, 0.25) is 0 Å². The normalized spacial score (nSPS) is 10.3. The second kappa shape index (κ2) is 7.84. The number of carbonyl (C=O) groups excluding carboxylic acids is 1. The van der Waals surface area contributed by atoms with E-state index in [4.69, 9.17) is 15.6 Å². The lowest BCUT2D eigenvalue weighted by molar-refractivity contribution is -0.153. The lowest BCUT2D eigenvalue weighted by Crippen LogP contribution is -2.24. The molecule has 0 aromatic heterocycles. The molecule has 4 nitrogen and oxygen atoms in total. The number of nitrogens with two attached hydrogens (primary N) is 1. The number of aliphatic hydroxyl groups excluding tert-OH is 1. The van der Waals surface area contributed by atoms with Gasteiger partial charge in [0, 0.05) is 13.7 Å². The maximum absolute atomic E-state index is 11.5. The molecule has 0 unspecified atom stereocenters. The molecule has 4 heteroatoms. The van der Waals surface area contributed by atoms with Crippen LogP contribution in [0.3, 0.4) is 0 Å². The average molecular weight is 253 g/mol. The van der Waals surface area contributed by atoms with E-state index < -0.39 is 5.60 Å². The summed E-state index contributed by atoms with van der Waals surface area (Å²) < 4.78 is 5.23. The largest absolute Gasteiger partial charge is 0.460 e. The maximum Gasteiger partial charge on any atom is 0.310 e. The van der Waals surface area contributed by atoms with Crippen LogP contribution in [0.15, 0.2) is 24.3 Å². The molecule has 0 aliphatic heterocycles. The Morgan fingerprint density at radius 2 is 1.61 bits per heavy atom. The predicted molar refractivity (Wildman–Crippen MR) is 72.0 cm³/mol. The van der Waals surface area contributed by atoms with E-state index in [0.29, 0.717) is 13.0 Å². The van der Waals surface area contributed by atoms with Crippen LogP contribution in [0, 0.1) is 0 Å². The van der Waals surface area contributed by atoms with Gasteiger partial charge in [-0.1, -0.05) is 24.3 Å². The van der Waals surface area contributed by atoms with Crippen LogP contribution in [-0.4, -0.2) is 23.8 Å². The number of hydrogen-bond acceptors (Lipinski definition) is 4. The molecule has 102 valence electrons. The monoisotopic (exact) mass is 253 g/mol. The van der Waals surface area contributed by atoms with Crippen LogP contribution in [0.2, 0.25) is 0 Å². The van der Waals surface area contributed by atoms with Crippen molar-refractivity contribution in [2.24, 2.45) is 5.73 Å². The van der Waals surface area contributed by atoms with Crippen LogP contribution in [0.5, 0.6) is 0 Å². The van der Waals surface area contributed by atoms with E-state index in [0.717, 1.165) is 18.2 Å². The number of aliphatic hydroxyl groups is 1. The minimum atomic E-state index is -0.422. The molecule has 0 saturated carbocycles. The zero-order valence-corrected chi connectivity index (χ0v) is 11.6. The van der Waals surface area contributed by atoms with Gasteiger partial charge in [0.1, 0.15) is 5.60 Å².